The molecule has 0 atom stereocenters. The number of carbonyl (C=O) groups excluding carboxylic acids is 1. The van der Waals surface area contributed by atoms with Crippen molar-refractivity contribution in [1.82, 2.24) is 20.1 Å². The Morgan fingerprint density at radius 1 is 1.14 bits per heavy atom. The average Bonchev–Trinajstić information content (AvgIpc) is 3.08. The molecular weight excluding hydrogens is 379 g/mol. The summed E-state index contributed by atoms with van der Waals surface area (Å²) in [7, 11) is 1.76. The summed E-state index contributed by atoms with van der Waals surface area (Å²) in [6.07, 6.45) is 1.62. The molecule has 4 rings (SSSR count). The third kappa shape index (κ3) is 3.59. The van der Waals surface area contributed by atoms with Gasteiger partial charge in [0.25, 0.3) is 5.91 Å². The van der Waals surface area contributed by atoms with Crippen LogP contribution in [-0.2, 0) is 13.6 Å². The lowest BCUT2D eigenvalue weighted by Gasteiger charge is -2.09. The molecule has 0 unspecified atom stereocenters. The molecule has 0 bridgehead atoms. The quantitative estimate of drug-likeness (QED) is 0.559. The fraction of sp³-hybridized carbons (Fsp3) is 0.0952. The highest BCUT2D eigenvalue weighted by Gasteiger charge is 2.16. The van der Waals surface area contributed by atoms with E-state index in [0.717, 1.165) is 11.1 Å². The Morgan fingerprint density at radius 2 is 1.86 bits per heavy atom. The van der Waals surface area contributed by atoms with E-state index in [0.29, 0.717) is 33.9 Å². The molecule has 0 aliphatic rings. The van der Waals surface area contributed by atoms with Crippen molar-refractivity contribution < 1.29 is 9.18 Å². The molecule has 2 heterocycles. The molecule has 28 heavy (non-hydrogen) atoms. The van der Waals surface area contributed by atoms with Crippen molar-refractivity contribution in [1.29, 1.82) is 0 Å². The van der Waals surface area contributed by atoms with Gasteiger partial charge in [0.15, 0.2) is 5.65 Å². The van der Waals surface area contributed by atoms with Crippen LogP contribution in [0.15, 0.2) is 60.8 Å². The molecule has 0 aliphatic carbocycles. The number of benzene rings is 2. The number of rotatable bonds is 4. The molecule has 0 fully saturated rings. The Labute approximate surface area is 165 Å². The van der Waals surface area contributed by atoms with Gasteiger partial charge in [-0.3, -0.25) is 9.48 Å². The first kappa shape index (κ1) is 18.1. The van der Waals surface area contributed by atoms with Gasteiger partial charge in [0.05, 0.1) is 22.8 Å². The van der Waals surface area contributed by atoms with E-state index in [1.807, 2.05) is 12.1 Å². The largest absolute Gasteiger partial charge is 0.348 e. The van der Waals surface area contributed by atoms with Crippen molar-refractivity contribution in [3.63, 3.8) is 0 Å². The summed E-state index contributed by atoms with van der Waals surface area (Å²) >= 11 is 5.90. The molecule has 140 valence electrons. The monoisotopic (exact) mass is 394 g/mol. The van der Waals surface area contributed by atoms with Crippen LogP contribution in [0.3, 0.4) is 0 Å². The third-order valence-corrected chi connectivity index (χ3v) is 4.71. The molecule has 0 radical (unpaired) electrons. The van der Waals surface area contributed by atoms with Crippen LogP contribution >= 0.6 is 11.6 Å². The number of hydrogen-bond donors (Lipinski definition) is 1. The second-order valence-electron chi connectivity index (χ2n) is 6.38. The number of hydrogen-bond acceptors (Lipinski definition) is 3. The van der Waals surface area contributed by atoms with Crippen molar-refractivity contribution in [2.75, 3.05) is 0 Å². The maximum absolute atomic E-state index is 13.3. The summed E-state index contributed by atoms with van der Waals surface area (Å²) in [6, 6.07) is 15.0. The molecule has 2 aromatic carbocycles. The Hall–Kier alpha value is -3.25. The van der Waals surface area contributed by atoms with Crippen LogP contribution in [0.2, 0.25) is 5.02 Å². The van der Waals surface area contributed by atoms with Crippen molar-refractivity contribution >= 4 is 28.5 Å². The molecule has 2 aromatic heterocycles. The van der Waals surface area contributed by atoms with Gasteiger partial charge in [-0.2, -0.15) is 5.10 Å². The highest BCUT2D eigenvalue weighted by molar-refractivity contribution is 6.30. The number of carbonyl (C=O) groups is 1. The van der Waals surface area contributed by atoms with Gasteiger partial charge in [-0.05, 0) is 48.0 Å². The van der Waals surface area contributed by atoms with E-state index in [4.69, 9.17) is 11.6 Å². The number of aryl methyl sites for hydroxylation is 1. The Bertz CT molecular complexity index is 1150. The summed E-state index contributed by atoms with van der Waals surface area (Å²) < 4.78 is 14.9. The summed E-state index contributed by atoms with van der Waals surface area (Å²) in [5.74, 6) is -0.565. The van der Waals surface area contributed by atoms with Gasteiger partial charge in [-0.25, -0.2) is 9.37 Å². The first-order valence-electron chi connectivity index (χ1n) is 8.62. The van der Waals surface area contributed by atoms with E-state index < -0.39 is 0 Å². The standard InChI is InChI=1S/C21H16ClFN4O/c1-27-20-18(12-25-27)17(10-19(26-20)14-4-8-16(23)9-5-14)21(28)24-11-13-2-6-15(22)7-3-13/h2-10,12H,11H2,1H3,(H,24,28). The SMILES string of the molecule is Cn1ncc2c(C(=O)NCc3ccc(Cl)cc3)cc(-c3ccc(F)cc3)nc21. The van der Waals surface area contributed by atoms with Crippen molar-refractivity contribution in [3.8, 4) is 11.3 Å². The van der Waals surface area contributed by atoms with Crippen molar-refractivity contribution in [2.45, 2.75) is 6.54 Å². The highest BCUT2D eigenvalue weighted by Crippen LogP contribution is 2.25. The minimum absolute atomic E-state index is 0.237. The van der Waals surface area contributed by atoms with Gasteiger partial charge in [-0.15, -0.1) is 0 Å². The highest BCUT2D eigenvalue weighted by atomic mass is 35.5. The molecule has 7 heteroatoms. The molecular formula is C21H16ClFN4O. The van der Waals surface area contributed by atoms with E-state index in [9.17, 15) is 9.18 Å². The number of pyridine rings is 1. The number of amides is 1. The zero-order chi connectivity index (χ0) is 19.7. The van der Waals surface area contributed by atoms with Gasteiger partial charge < -0.3 is 5.32 Å². The van der Waals surface area contributed by atoms with Gasteiger partial charge in [0, 0.05) is 24.2 Å². The van der Waals surface area contributed by atoms with Crippen molar-refractivity contribution in [2.24, 2.45) is 7.05 Å². The zero-order valence-corrected chi connectivity index (χ0v) is 15.7. The van der Waals surface area contributed by atoms with Crippen LogP contribution in [-0.4, -0.2) is 20.7 Å². The Morgan fingerprint density at radius 3 is 2.57 bits per heavy atom. The summed E-state index contributed by atoms with van der Waals surface area (Å²) in [5.41, 5.74) is 3.28. The predicted molar refractivity (Wildman–Crippen MR) is 107 cm³/mol. The number of halogens is 2. The van der Waals surface area contributed by atoms with E-state index >= 15 is 0 Å². The number of nitrogens with one attached hydrogen (secondary N) is 1. The van der Waals surface area contributed by atoms with Gasteiger partial charge in [0.1, 0.15) is 5.82 Å². The third-order valence-electron chi connectivity index (χ3n) is 4.46. The fourth-order valence-corrected chi connectivity index (χ4v) is 3.08. The maximum atomic E-state index is 13.3. The van der Waals surface area contributed by atoms with E-state index in [2.05, 4.69) is 15.4 Å². The van der Waals surface area contributed by atoms with Crippen LogP contribution in [0.25, 0.3) is 22.3 Å². The van der Waals surface area contributed by atoms with Crippen LogP contribution in [0, 0.1) is 5.82 Å². The maximum Gasteiger partial charge on any atom is 0.252 e. The lowest BCUT2D eigenvalue weighted by atomic mass is 10.1. The van der Waals surface area contributed by atoms with Crippen molar-refractivity contribution in [3.05, 3.63) is 82.8 Å². The molecule has 0 saturated heterocycles. The second kappa shape index (κ2) is 7.40. The van der Waals surface area contributed by atoms with E-state index in [1.54, 1.807) is 48.3 Å². The first-order valence-corrected chi connectivity index (χ1v) is 9.00. The summed E-state index contributed by atoms with van der Waals surface area (Å²) in [5, 5.41) is 8.43. The Balaban J connectivity index is 1.69. The van der Waals surface area contributed by atoms with Crippen LogP contribution in [0.5, 0.6) is 0 Å². The molecule has 4 aromatic rings. The first-order chi connectivity index (χ1) is 13.5. The lowest BCUT2D eigenvalue weighted by molar-refractivity contribution is 0.0952. The van der Waals surface area contributed by atoms with Crippen LogP contribution in [0.4, 0.5) is 4.39 Å². The topological polar surface area (TPSA) is 59.8 Å². The summed E-state index contributed by atoms with van der Waals surface area (Å²) in [4.78, 5) is 17.5. The van der Waals surface area contributed by atoms with Gasteiger partial charge in [0.2, 0.25) is 0 Å². The number of aromatic nitrogens is 3. The average molecular weight is 395 g/mol. The zero-order valence-electron chi connectivity index (χ0n) is 15.0. The van der Waals surface area contributed by atoms with Crippen LogP contribution in [0.1, 0.15) is 15.9 Å². The van der Waals surface area contributed by atoms with Gasteiger partial charge in [-0.1, -0.05) is 23.7 Å². The molecule has 0 aliphatic heterocycles. The second-order valence-corrected chi connectivity index (χ2v) is 6.81. The Kier molecular flexibility index (Phi) is 4.79. The summed E-state index contributed by atoms with van der Waals surface area (Å²) in [6.45, 7) is 0.367. The van der Waals surface area contributed by atoms with E-state index in [-0.39, 0.29) is 11.7 Å². The minimum atomic E-state index is -0.328. The molecule has 1 N–H and O–H groups in total. The molecule has 5 nitrogen and oxygen atoms in total. The normalized spacial score (nSPS) is 11.0. The number of fused-ring (bicyclic) bond motifs is 1. The molecule has 1 amide bonds. The smallest absolute Gasteiger partial charge is 0.252 e. The predicted octanol–water partition coefficient (Wildman–Crippen LogP) is 4.36. The molecule has 0 spiro atoms. The fourth-order valence-electron chi connectivity index (χ4n) is 2.95. The lowest BCUT2D eigenvalue weighted by Crippen LogP contribution is -2.23. The minimum Gasteiger partial charge on any atom is -0.348 e. The number of nitrogens with zero attached hydrogens (tertiary/aromatic N) is 3. The van der Waals surface area contributed by atoms with Crippen LogP contribution < -0.4 is 5.32 Å². The van der Waals surface area contributed by atoms with E-state index in [1.165, 1.54) is 12.1 Å². The van der Waals surface area contributed by atoms with Gasteiger partial charge >= 0.3 is 0 Å². The molecule has 0 saturated carbocycles.